The van der Waals surface area contributed by atoms with Crippen LogP contribution in [0.25, 0.3) is 0 Å². The molecule has 1 rings (SSSR count). The highest BCUT2D eigenvalue weighted by Gasteiger charge is 2.36. The predicted octanol–water partition coefficient (Wildman–Crippen LogP) is 2.79. The molecule has 0 heterocycles. The van der Waals surface area contributed by atoms with Crippen LogP contribution in [0.1, 0.15) is 30.9 Å². The number of alkyl halides is 3. The Kier molecular flexibility index (Phi) is 4.34. The highest BCUT2D eigenvalue weighted by molar-refractivity contribution is 5.31. The molecule has 6 heteroatoms. The fourth-order valence-corrected chi connectivity index (χ4v) is 1.81. The molecular weight excluding hydrogens is 250 g/mol. The molecule has 0 saturated carbocycles. The van der Waals surface area contributed by atoms with E-state index in [2.05, 4.69) is 0 Å². The summed E-state index contributed by atoms with van der Waals surface area (Å²) in [7, 11) is 0. The highest BCUT2D eigenvalue weighted by atomic mass is 19.4. The van der Waals surface area contributed by atoms with Crippen molar-refractivity contribution in [1.82, 2.24) is 0 Å². The summed E-state index contributed by atoms with van der Waals surface area (Å²) in [6.45, 7) is 1.55. The topological polar surface area (TPSA) is 46.2 Å². The van der Waals surface area contributed by atoms with Crippen molar-refractivity contribution in [2.45, 2.75) is 31.5 Å². The van der Waals surface area contributed by atoms with Crippen LogP contribution >= 0.6 is 0 Å². The van der Waals surface area contributed by atoms with Crippen molar-refractivity contribution in [2.75, 3.05) is 6.54 Å². The van der Waals surface area contributed by atoms with E-state index in [1.54, 1.807) is 6.92 Å². The van der Waals surface area contributed by atoms with Crippen LogP contribution in [0.4, 0.5) is 17.6 Å². The van der Waals surface area contributed by atoms with Crippen molar-refractivity contribution in [3.05, 3.63) is 35.1 Å². The van der Waals surface area contributed by atoms with Gasteiger partial charge in [0.25, 0.3) is 0 Å². The van der Waals surface area contributed by atoms with E-state index >= 15 is 0 Å². The lowest BCUT2D eigenvalue weighted by molar-refractivity contribution is -0.140. The van der Waals surface area contributed by atoms with E-state index in [1.807, 2.05) is 0 Å². The minimum absolute atomic E-state index is 0.0134. The maximum Gasteiger partial charge on any atom is 0.419 e. The van der Waals surface area contributed by atoms with E-state index in [0.717, 1.165) is 6.07 Å². The van der Waals surface area contributed by atoms with Crippen molar-refractivity contribution >= 4 is 0 Å². The molecule has 0 aliphatic carbocycles. The van der Waals surface area contributed by atoms with Crippen molar-refractivity contribution in [3.63, 3.8) is 0 Å². The van der Waals surface area contributed by atoms with Gasteiger partial charge < -0.3 is 10.8 Å². The number of benzene rings is 1. The summed E-state index contributed by atoms with van der Waals surface area (Å²) in [4.78, 5) is 0. The molecule has 0 aliphatic rings. The van der Waals surface area contributed by atoms with Gasteiger partial charge in [0.05, 0.1) is 5.56 Å². The van der Waals surface area contributed by atoms with Crippen molar-refractivity contribution < 1.29 is 22.7 Å². The molecule has 102 valence electrons. The Labute approximate surface area is 102 Å². The van der Waals surface area contributed by atoms with Crippen LogP contribution in [0.5, 0.6) is 0 Å². The predicted molar refractivity (Wildman–Crippen MR) is 59.3 cm³/mol. The summed E-state index contributed by atoms with van der Waals surface area (Å²) in [6, 6.07) is 2.46. The summed E-state index contributed by atoms with van der Waals surface area (Å²) in [6.07, 6.45) is -4.03. The van der Waals surface area contributed by atoms with E-state index < -0.39 is 23.2 Å². The second-order valence-corrected chi connectivity index (χ2v) is 4.18. The average Bonchev–Trinajstić information content (AvgIpc) is 2.28. The highest BCUT2D eigenvalue weighted by Crippen LogP contribution is 2.35. The number of halogens is 4. The quantitative estimate of drug-likeness (QED) is 0.822. The molecule has 0 radical (unpaired) electrons. The van der Waals surface area contributed by atoms with Crippen molar-refractivity contribution in [1.29, 1.82) is 0 Å². The van der Waals surface area contributed by atoms with Crippen LogP contribution in [0, 0.1) is 5.82 Å². The first kappa shape index (κ1) is 14.9. The number of hydrogen-bond acceptors (Lipinski definition) is 2. The van der Waals surface area contributed by atoms with Crippen LogP contribution < -0.4 is 5.73 Å². The fraction of sp³-hybridized carbons (Fsp3) is 0.500. The maximum absolute atomic E-state index is 13.1. The number of hydrogen-bond donors (Lipinski definition) is 2. The molecule has 0 fully saturated rings. The molecule has 0 bridgehead atoms. The van der Waals surface area contributed by atoms with Gasteiger partial charge in [0, 0.05) is 6.54 Å². The zero-order chi connectivity index (χ0) is 14.0. The normalized spacial score (nSPS) is 15.5. The lowest BCUT2D eigenvalue weighted by Gasteiger charge is -2.27. The summed E-state index contributed by atoms with van der Waals surface area (Å²) >= 11 is 0. The monoisotopic (exact) mass is 265 g/mol. The standard InChI is InChI=1S/C12H15F4NO/c1-2-5-11(18,7-17)8-3-4-10(13)9(6-8)12(14,15)16/h3-4,6,18H,2,5,7,17H2,1H3. The molecule has 0 aromatic heterocycles. The third-order valence-electron chi connectivity index (χ3n) is 2.81. The van der Waals surface area contributed by atoms with Gasteiger partial charge in [-0.2, -0.15) is 13.2 Å². The second-order valence-electron chi connectivity index (χ2n) is 4.18. The van der Waals surface area contributed by atoms with Crippen LogP contribution in [-0.4, -0.2) is 11.7 Å². The zero-order valence-electron chi connectivity index (χ0n) is 9.89. The molecule has 2 nitrogen and oxygen atoms in total. The largest absolute Gasteiger partial charge is 0.419 e. The van der Waals surface area contributed by atoms with Gasteiger partial charge in [-0.05, 0) is 24.1 Å². The number of nitrogens with two attached hydrogens (primary N) is 1. The molecule has 0 amide bonds. The van der Waals surface area contributed by atoms with Crippen LogP contribution in [0.2, 0.25) is 0 Å². The number of rotatable bonds is 4. The Morgan fingerprint density at radius 1 is 1.28 bits per heavy atom. The van der Waals surface area contributed by atoms with Gasteiger partial charge in [0.1, 0.15) is 11.4 Å². The lowest BCUT2D eigenvalue weighted by Crippen LogP contribution is -2.35. The molecule has 18 heavy (non-hydrogen) atoms. The molecule has 0 aliphatic heterocycles. The van der Waals surface area contributed by atoms with Crippen LogP contribution in [0.15, 0.2) is 18.2 Å². The summed E-state index contributed by atoms with van der Waals surface area (Å²) in [5.41, 5.74) is 2.44. The van der Waals surface area contributed by atoms with Gasteiger partial charge in [0.15, 0.2) is 0 Å². The molecule has 3 N–H and O–H groups in total. The van der Waals surface area contributed by atoms with E-state index in [0.29, 0.717) is 18.6 Å². The average molecular weight is 265 g/mol. The van der Waals surface area contributed by atoms with E-state index in [1.165, 1.54) is 0 Å². The van der Waals surface area contributed by atoms with Crippen LogP contribution in [0.3, 0.4) is 0 Å². The smallest absolute Gasteiger partial charge is 0.384 e. The minimum atomic E-state index is -4.79. The first-order chi connectivity index (χ1) is 8.24. The van der Waals surface area contributed by atoms with Gasteiger partial charge in [0.2, 0.25) is 0 Å². The van der Waals surface area contributed by atoms with Crippen LogP contribution in [-0.2, 0) is 11.8 Å². The summed E-state index contributed by atoms with van der Waals surface area (Å²) in [5, 5.41) is 10.2. The van der Waals surface area contributed by atoms with Gasteiger partial charge in [-0.3, -0.25) is 0 Å². The Bertz CT molecular complexity index is 419. The zero-order valence-corrected chi connectivity index (χ0v) is 9.89. The third-order valence-corrected chi connectivity index (χ3v) is 2.81. The molecule has 0 spiro atoms. The maximum atomic E-state index is 13.1. The van der Waals surface area contributed by atoms with E-state index in [9.17, 15) is 22.7 Å². The third kappa shape index (κ3) is 3.00. The molecule has 0 saturated heterocycles. The lowest BCUT2D eigenvalue weighted by atomic mass is 9.88. The van der Waals surface area contributed by atoms with Crippen molar-refractivity contribution in [3.8, 4) is 0 Å². The van der Waals surface area contributed by atoms with Gasteiger partial charge >= 0.3 is 6.18 Å². The molecule has 1 aromatic rings. The first-order valence-corrected chi connectivity index (χ1v) is 5.54. The van der Waals surface area contributed by atoms with Gasteiger partial charge in [-0.1, -0.05) is 19.4 Å². The second kappa shape index (κ2) is 5.24. The molecule has 1 aromatic carbocycles. The number of aliphatic hydroxyl groups is 1. The van der Waals surface area contributed by atoms with Gasteiger partial charge in [-0.25, -0.2) is 4.39 Å². The Hall–Kier alpha value is -1.14. The first-order valence-electron chi connectivity index (χ1n) is 5.54. The summed E-state index contributed by atoms with van der Waals surface area (Å²) in [5.74, 6) is -1.36. The molecule has 1 unspecified atom stereocenters. The fourth-order valence-electron chi connectivity index (χ4n) is 1.81. The summed E-state index contributed by atoms with van der Waals surface area (Å²) < 4.78 is 50.8. The molecular formula is C12H15F4NO. The minimum Gasteiger partial charge on any atom is -0.384 e. The Morgan fingerprint density at radius 3 is 2.33 bits per heavy atom. The SMILES string of the molecule is CCCC(O)(CN)c1ccc(F)c(C(F)(F)F)c1. The van der Waals surface area contributed by atoms with E-state index in [4.69, 9.17) is 5.73 Å². The Morgan fingerprint density at radius 2 is 1.89 bits per heavy atom. The van der Waals surface area contributed by atoms with E-state index in [-0.39, 0.29) is 18.5 Å². The molecule has 1 atom stereocenters. The van der Waals surface area contributed by atoms with Gasteiger partial charge in [-0.15, -0.1) is 0 Å². The van der Waals surface area contributed by atoms with Crippen molar-refractivity contribution in [2.24, 2.45) is 5.73 Å². The Balaban J connectivity index is 3.27.